The predicted molar refractivity (Wildman–Crippen MR) is 229 cm³/mol. The third-order valence-corrected chi connectivity index (χ3v) is 12.6. The van der Waals surface area contributed by atoms with E-state index in [1.807, 2.05) is 44.2 Å². The van der Waals surface area contributed by atoms with E-state index in [0.717, 1.165) is 22.3 Å². The number of aromatic nitrogens is 2. The Labute approximate surface area is 343 Å². The zero-order chi connectivity index (χ0) is 40.6. The van der Waals surface area contributed by atoms with Crippen molar-refractivity contribution in [2.75, 3.05) is 10.0 Å². The second-order valence-corrected chi connectivity index (χ2v) is 17.7. The summed E-state index contributed by atoms with van der Waals surface area (Å²) in [6, 6.07) is 42.4. The molecule has 2 N–H and O–H groups in total. The fraction of sp³-hybridized carbons (Fsp3) is 0.136. The number of halogens is 2. The Morgan fingerprint density at radius 1 is 0.649 bits per heavy atom. The van der Waals surface area contributed by atoms with Crippen LogP contribution in [0.4, 0.5) is 11.6 Å². The number of sulfonamides is 1. The number of nitrogens with zero attached hydrogens (tertiary/aromatic N) is 2. The van der Waals surface area contributed by atoms with Crippen LogP contribution in [0.3, 0.4) is 0 Å². The number of para-hydroxylation sites is 3. The van der Waals surface area contributed by atoms with E-state index in [4.69, 9.17) is 23.2 Å². The molecule has 0 bridgehead atoms. The van der Waals surface area contributed by atoms with Crippen molar-refractivity contribution >= 4 is 71.7 Å². The number of anilines is 2. The predicted octanol–water partition coefficient (Wildman–Crippen LogP) is 10.0. The standard InChI is InChI=1S/C23H22ClNO3S.C21H18ClN3O2S/c1-17-6-14-22(15-7-17)29(27,28)25-23-5-3-2-4-19(23)16-21(26)13-10-18-8-11-20(24)12-9-18;1-15-6-12-18(13-7-15)28(26,27)25-20-5-3-2-4-19(20)24-21(25)23-14-16-8-10-17(22)11-9-16/h2-9,11-12,14-15,25H,10,13,16H2,1H3;2-13H,14H2,1H3,(H,23,24). The highest BCUT2D eigenvalue weighted by Gasteiger charge is 2.24. The van der Waals surface area contributed by atoms with E-state index in [-0.39, 0.29) is 27.9 Å². The number of Topliss-reactive ketones (excluding diaryl/α,β-unsaturated/α-hetero) is 1. The first kappa shape index (κ1) is 41.2. The van der Waals surface area contributed by atoms with Crippen molar-refractivity contribution in [3.05, 3.63) is 183 Å². The van der Waals surface area contributed by atoms with E-state index in [2.05, 4.69) is 15.0 Å². The Bertz CT molecular complexity index is 2700. The van der Waals surface area contributed by atoms with Crippen molar-refractivity contribution in [3.8, 4) is 0 Å². The van der Waals surface area contributed by atoms with Gasteiger partial charge in [0.2, 0.25) is 5.95 Å². The van der Waals surface area contributed by atoms with Gasteiger partial charge in [0.1, 0.15) is 5.78 Å². The van der Waals surface area contributed by atoms with Gasteiger partial charge in [-0.05, 0) is 104 Å². The second-order valence-electron chi connectivity index (χ2n) is 13.4. The maximum atomic E-state index is 13.4. The topological polar surface area (TPSA) is 127 Å². The molecule has 1 aromatic heterocycles. The molecule has 0 aliphatic heterocycles. The second kappa shape index (κ2) is 18.2. The average molecular weight is 840 g/mol. The van der Waals surface area contributed by atoms with Gasteiger partial charge in [-0.3, -0.25) is 9.52 Å². The summed E-state index contributed by atoms with van der Waals surface area (Å²) < 4.78 is 56.0. The maximum absolute atomic E-state index is 13.4. The highest BCUT2D eigenvalue weighted by atomic mass is 35.5. The van der Waals surface area contributed by atoms with Crippen molar-refractivity contribution in [1.82, 2.24) is 8.96 Å². The summed E-state index contributed by atoms with van der Waals surface area (Å²) in [6.07, 6.45) is 1.16. The molecule has 0 saturated heterocycles. The summed E-state index contributed by atoms with van der Waals surface area (Å²) in [5, 5.41) is 4.47. The minimum atomic E-state index is -3.81. The van der Waals surface area contributed by atoms with Gasteiger partial charge in [0.05, 0.1) is 26.5 Å². The Morgan fingerprint density at radius 2 is 1.19 bits per heavy atom. The molecular formula is C44H40Cl2N4O5S2. The first-order valence-electron chi connectivity index (χ1n) is 18.0. The molecule has 0 radical (unpaired) electrons. The van der Waals surface area contributed by atoms with Crippen molar-refractivity contribution in [3.63, 3.8) is 0 Å². The highest BCUT2D eigenvalue weighted by molar-refractivity contribution is 7.92. The van der Waals surface area contributed by atoms with Crippen LogP contribution in [0.15, 0.2) is 155 Å². The normalized spacial score (nSPS) is 11.4. The molecule has 0 spiro atoms. The number of ketones is 1. The molecule has 0 amide bonds. The summed E-state index contributed by atoms with van der Waals surface area (Å²) in [5.41, 5.74) is 6.20. The lowest BCUT2D eigenvalue weighted by Gasteiger charge is -2.12. The van der Waals surface area contributed by atoms with Gasteiger partial charge in [0.15, 0.2) is 0 Å². The summed E-state index contributed by atoms with van der Waals surface area (Å²) in [7, 11) is -7.53. The third kappa shape index (κ3) is 10.7. The van der Waals surface area contributed by atoms with Crippen LogP contribution >= 0.6 is 23.2 Å². The van der Waals surface area contributed by atoms with Gasteiger partial charge in [-0.2, -0.15) is 0 Å². The van der Waals surface area contributed by atoms with E-state index >= 15 is 0 Å². The first-order chi connectivity index (χ1) is 27.3. The fourth-order valence-corrected chi connectivity index (χ4v) is 8.68. The summed E-state index contributed by atoms with van der Waals surface area (Å²) >= 11 is 11.8. The number of nitrogens with one attached hydrogen (secondary N) is 2. The lowest BCUT2D eigenvalue weighted by Crippen LogP contribution is -2.16. The Balaban J connectivity index is 0.000000193. The molecule has 0 aliphatic rings. The van der Waals surface area contributed by atoms with Gasteiger partial charge in [0, 0.05) is 29.4 Å². The van der Waals surface area contributed by atoms with Crippen molar-refractivity contribution in [2.24, 2.45) is 0 Å². The van der Waals surface area contributed by atoms with Gasteiger partial charge < -0.3 is 5.32 Å². The van der Waals surface area contributed by atoms with Gasteiger partial charge in [-0.15, -0.1) is 0 Å². The molecule has 7 aromatic rings. The molecule has 0 unspecified atom stereocenters. The Morgan fingerprint density at radius 3 is 1.82 bits per heavy atom. The van der Waals surface area contributed by atoms with E-state index in [9.17, 15) is 21.6 Å². The lowest BCUT2D eigenvalue weighted by atomic mass is 10.0. The summed E-state index contributed by atoms with van der Waals surface area (Å²) in [4.78, 5) is 17.4. The van der Waals surface area contributed by atoms with Crippen LogP contribution in [0.1, 0.15) is 34.2 Å². The van der Waals surface area contributed by atoms with Crippen molar-refractivity contribution in [1.29, 1.82) is 0 Å². The minimum absolute atomic E-state index is 0.0435. The molecule has 0 fully saturated rings. The molecule has 292 valence electrons. The van der Waals surface area contributed by atoms with Crippen LogP contribution in [0.2, 0.25) is 10.0 Å². The zero-order valence-electron chi connectivity index (χ0n) is 31.2. The van der Waals surface area contributed by atoms with Crippen molar-refractivity contribution < 1.29 is 21.6 Å². The fourth-order valence-electron chi connectivity index (χ4n) is 5.89. The molecule has 1 heterocycles. The monoisotopic (exact) mass is 838 g/mol. The number of hydrogen-bond donors (Lipinski definition) is 2. The van der Waals surface area contributed by atoms with E-state index in [1.54, 1.807) is 115 Å². The van der Waals surface area contributed by atoms with E-state index < -0.39 is 20.0 Å². The highest BCUT2D eigenvalue weighted by Crippen LogP contribution is 2.27. The van der Waals surface area contributed by atoms with E-state index in [1.165, 1.54) is 3.97 Å². The Kier molecular flexibility index (Phi) is 13.2. The quantitative estimate of drug-likeness (QED) is 0.118. The number of rotatable bonds is 13. The molecular weight excluding hydrogens is 800 g/mol. The Hall–Kier alpha value is -5.46. The van der Waals surface area contributed by atoms with Crippen LogP contribution in [0.5, 0.6) is 0 Å². The average Bonchev–Trinajstić information content (AvgIpc) is 3.58. The maximum Gasteiger partial charge on any atom is 0.271 e. The molecule has 57 heavy (non-hydrogen) atoms. The number of imidazole rings is 1. The lowest BCUT2D eigenvalue weighted by molar-refractivity contribution is -0.118. The molecule has 0 aliphatic carbocycles. The summed E-state index contributed by atoms with van der Waals surface area (Å²) in [6.45, 7) is 4.24. The van der Waals surface area contributed by atoms with Crippen LogP contribution in [0, 0.1) is 13.8 Å². The third-order valence-electron chi connectivity index (χ3n) is 9.03. The van der Waals surface area contributed by atoms with Gasteiger partial charge in [-0.1, -0.05) is 113 Å². The first-order valence-corrected chi connectivity index (χ1v) is 21.7. The number of carbonyl (C=O) groups excluding carboxylic acids is 1. The van der Waals surface area contributed by atoms with Crippen LogP contribution in [-0.2, 0) is 44.2 Å². The van der Waals surface area contributed by atoms with Crippen molar-refractivity contribution in [2.45, 2.75) is 49.4 Å². The molecule has 7 rings (SSSR count). The van der Waals surface area contributed by atoms with Gasteiger partial charge in [-0.25, -0.2) is 25.8 Å². The SMILES string of the molecule is Cc1ccc(S(=O)(=O)Nc2ccccc2CC(=O)CCc2ccc(Cl)cc2)cc1.Cc1ccc(S(=O)(=O)n2c(NCc3ccc(Cl)cc3)nc3ccccc32)cc1. The zero-order valence-corrected chi connectivity index (χ0v) is 34.3. The number of carbonyl (C=O) groups is 1. The minimum Gasteiger partial charge on any atom is -0.351 e. The molecule has 9 nitrogen and oxygen atoms in total. The summed E-state index contributed by atoms with van der Waals surface area (Å²) in [5.74, 6) is 0.318. The van der Waals surface area contributed by atoms with Crippen LogP contribution < -0.4 is 10.0 Å². The number of hydrogen-bond acceptors (Lipinski definition) is 7. The van der Waals surface area contributed by atoms with Gasteiger partial charge in [0.25, 0.3) is 20.0 Å². The number of fused-ring (bicyclic) bond motifs is 1. The molecule has 6 aromatic carbocycles. The smallest absolute Gasteiger partial charge is 0.271 e. The molecule has 13 heteroatoms. The largest absolute Gasteiger partial charge is 0.351 e. The number of aryl methyl sites for hydroxylation is 3. The van der Waals surface area contributed by atoms with Crippen LogP contribution in [-0.4, -0.2) is 31.6 Å². The van der Waals surface area contributed by atoms with E-state index in [0.29, 0.717) is 51.7 Å². The number of benzene rings is 6. The molecule has 0 saturated carbocycles. The molecule has 0 atom stereocenters. The van der Waals surface area contributed by atoms with Gasteiger partial charge >= 0.3 is 0 Å². The van der Waals surface area contributed by atoms with Crippen LogP contribution in [0.25, 0.3) is 11.0 Å².